The number of para-hydroxylation sites is 2. The van der Waals surface area contributed by atoms with E-state index in [0.29, 0.717) is 23.4 Å². The van der Waals surface area contributed by atoms with Crippen molar-refractivity contribution in [3.8, 4) is 5.75 Å². The number of hydrogen-bond donors (Lipinski definition) is 2. The first kappa shape index (κ1) is 15.8. The van der Waals surface area contributed by atoms with E-state index in [-0.39, 0.29) is 5.91 Å². The first-order valence-electron chi connectivity index (χ1n) is 7.32. The number of hydrogen-bond acceptors (Lipinski definition) is 4. The van der Waals surface area contributed by atoms with Crippen LogP contribution in [0, 0.1) is 5.41 Å². The minimum Gasteiger partial charge on any atom is -0.495 e. The van der Waals surface area contributed by atoms with Crippen molar-refractivity contribution in [3.63, 3.8) is 0 Å². The molecule has 5 nitrogen and oxygen atoms in total. The van der Waals surface area contributed by atoms with Crippen LogP contribution in [-0.4, -0.2) is 39.8 Å². The van der Waals surface area contributed by atoms with Gasteiger partial charge in [-0.1, -0.05) is 12.1 Å². The Morgan fingerprint density at radius 2 is 2.05 bits per heavy atom. The topological polar surface area (TPSA) is 59.6 Å². The fourth-order valence-corrected chi connectivity index (χ4v) is 2.39. The molecular weight excluding hydrogens is 268 g/mol. The Morgan fingerprint density at radius 3 is 2.71 bits per heavy atom. The summed E-state index contributed by atoms with van der Waals surface area (Å²) in [5, 5.41) is 6.11. The Morgan fingerprint density at radius 1 is 1.29 bits per heavy atom. The van der Waals surface area contributed by atoms with Gasteiger partial charge < -0.3 is 20.1 Å². The Labute approximate surface area is 126 Å². The third kappa shape index (κ3) is 4.72. The van der Waals surface area contributed by atoms with Crippen LogP contribution in [-0.2, 0) is 9.53 Å². The molecule has 2 rings (SSSR count). The maximum atomic E-state index is 11.9. The lowest BCUT2D eigenvalue weighted by Gasteiger charge is -2.15. The summed E-state index contributed by atoms with van der Waals surface area (Å²) < 4.78 is 10.3. The third-order valence-corrected chi connectivity index (χ3v) is 3.96. The summed E-state index contributed by atoms with van der Waals surface area (Å²) in [5.74, 6) is 0.617. The maximum absolute atomic E-state index is 11.9. The van der Waals surface area contributed by atoms with Crippen LogP contribution in [0.15, 0.2) is 24.3 Å². The summed E-state index contributed by atoms with van der Waals surface area (Å²) in [7, 11) is 3.32. The largest absolute Gasteiger partial charge is 0.495 e. The number of methoxy groups -OCH3 is 2. The molecule has 1 aliphatic carbocycles. The second kappa shape index (κ2) is 7.43. The molecule has 5 heteroatoms. The maximum Gasteiger partial charge on any atom is 0.238 e. The molecule has 0 radical (unpaired) electrons. The number of carbonyl (C=O) groups is 1. The fraction of sp³-hybridized carbons (Fsp3) is 0.562. The molecule has 0 aliphatic heterocycles. The van der Waals surface area contributed by atoms with E-state index in [9.17, 15) is 4.79 Å². The molecule has 1 amide bonds. The first-order chi connectivity index (χ1) is 10.2. The van der Waals surface area contributed by atoms with Gasteiger partial charge in [0.25, 0.3) is 0 Å². The van der Waals surface area contributed by atoms with E-state index >= 15 is 0 Å². The minimum absolute atomic E-state index is 0.0537. The number of ether oxygens (including phenoxy) is 2. The van der Waals surface area contributed by atoms with Gasteiger partial charge in [-0.25, -0.2) is 0 Å². The smallest absolute Gasteiger partial charge is 0.238 e. The van der Waals surface area contributed by atoms with Gasteiger partial charge in [0.05, 0.1) is 19.3 Å². The second-order valence-electron chi connectivity index (χ2n) is 5.59. The molecule has 1 saturated carbocycles. The highest BCUT2D eigenvalue weighted by Crippen LogP contribution is 2.48. The normalized spacial score (nSPS) is 15.5. The van der Waals surface area contributed by atoms with Gasteiger partial charge in [0.1, 0.15) is 5.75 Å². The highest BCUT2D eigenvalue weighted by Gasteiger charge is 2.41. The van der Waals surface area contributed by atoms with Gasteiger partial charge in [0.2, 0.25) is 5.91 Å². The molecule has 0 atom stereocenters. The van der Waals surface area contributed by atoms with Crippen molar-refractivity contribution in [2.75, 3.05) is 39.2 Å². The molecule has 0 heterocycles. The summed E-state index contributed by atoms with van der Waals surface area (Å²) in [6.07, 6.45) is 3.50. The van der Waals surface area contributed by atoms with Gasteiger partial charge in [-0.3, -0.25) is 4.79 Å². The average molecular weight is 292 g/mol. The van der Waals surface area contributed by atoms with E-state index in [4.69, 9.17) is 9.47 Å². The van der Waals surface area contributed by atoms with E-state index in [1.165, 1.54) is 12.8 Å². The van der Waals surface area contributed by atoms with E-state index in [1.54, 1.807) is 14.2 Å². The van der Waals surface area contributed by atoms with Crippen molar-refractivity contribution in [3.05, 3.63) is 24.3 Å². The van der Waals surface area contributed by atoms with Crippen LogP contribution < -0.4 is 15.4 Å². The average Bonchev–Trinajstić information content (AvgIpc) is 3.26. The Balaban J connectivity index is 1.73. The molecular formula is C16H24N2O3. The van der Waals surface area contributed by atoms with Gasteiger partial charge in [-0.15, -0.1) is 0 Å². The number of benzene rings is 1. The molecule has 2 N–H and O–H groups in total. The molecule has 1 fully saturated rings. The molecule has 1 aromatic rings. The molecule has 0 bridgehead atoms. The third-order valence-electron chi connectivity index (χ3n) is 3.96. The summed E-state index contributed by atoms with van der Waals surface area (Å²) in [6, 6.07) is 7.40. The summed E-state index contributed by atoms with van der Waals surface area (Å²) >= 11 is 0. The highest BCUT2D eigenvalue weighted by atomic mass is 16.5. The van der Waals surface area contributed by atoms with Gasteiger partial charge in [-0.05, 0) is 36.8 Å². The standard InChI is InChI=1S/C16H24N2O3/c1-20-10-9-16(7-8-16)12-17-11-15(19)18-13-5-3-4-6-14(13)21-2/h3-6,17H,7-12H2,1-2H3,(H,18,19). The van der Waals surface area contributed by atoms with Gasteiger partial charge in [0, 0.05) is 20.3 Å². The summed E-state index contributed by atoms with van der Waals surface area (Å²) in [6.45, 7) is 1.97. The lowest BCUT2D eigenvalue weighted by molar-refractivity contribution is -0.115. The summed E-state index contributed by atoms with van der Waals surface area (Å²) in [5.41, 5.74) is 1.05. The lowest BCUT2D eigenvalue weighted by Crippen LogP contribution is -2.33. The number of anilines is 1. The Hall–Kier alpha value is -1.59. The predicted molar refractivity (Wildman–Crippen MR) is 82.7 cm³/mol. The van der Waals surface area contributed by atoms with E-state index in [2.05, 4.69) is 10.6 Å². The lowest BCUT2D eigenvalue weighted by atomic mass is 10.0. The predicted octanol–water partition coefficient (Wildman–Crippen LogP) is 2.04. The monoisotopic (exact) mass is 292 g/mol. The van der Waals surface area contributed by atoms with Crippen molar-refractivity contribution in [2.24, 2.45) is 5.41 Å². The van der Waals surface area contributed by atoms with E-state index in [1.807, 2.05) is 24.3 Å². The number of amides is 1. The molecule has 0 unspecified atom stereocenters. The quantitative estimate of drug-likeness (QED) is 0.731. The number of rotatable bonds is 9. The molecule has 1 aromatic carbocycles. The van der Waals surface area contributed by atoms with E-state index < -0.39 is 0 Å². The fourth-order valence-electron chi connectivity index (χ4n) is 2.39. The Bertz CT molecular complexity index is 472. The first-order valence-corrected chi connectivity index (χ1v) is 7.32. The van der Waals surface area contributed by atoms with Crippen LogP contribution in [0.5, 0.6) is 5.75 Å². The molecule has 116 valence electrons. The second-order valence-corrected chi connectivity index (χ2v) is 5.59. The molecule has 0 aromatic heterocycles. The van der Waals surface area contributed by atoms with Crippen molar-refractivity contribution in [1.82, 2.24) is 5.32 Å². The van der Waals surface area contributed by atoms with Crippen LogP contribution in [0.4, 0.5) is 5.69 Å². The van der Waals surface area contributed by atoms with Gasteiger partial charge >= 0.3 is 0 Å². The number of carbonyl (C=O) groups excluding carboxylic acids is 1. The van der Waals surface area contributed by atoms with Gasteiger partial charge in [0.15, 0.2) is 0 Å². The highest BCUT2D eigenvalue weighted by molar-refractivity contribution is 5.93. The van der Waals surface area contributed by atoms with E-state index in [0.717, 1.165) is 19.6 Å². The molecule has 21 heavy (non-hydrogen) atoms. The van der Waals surface area contributed by atoms with Crippen LogP contribution in [0.1, 0.15) is 19.3 Å². The van der Waals surface area contributed by atoms with Crippen molar-refractivity contribution >= 4 is 11.6 Å². The molecule has 1 aliphatic rings. The SMILES string of the molecule is COCCC1(CNCC(=O)Nc2ccccc2OC)CC1. The summed E-state index contributed by atoms with van der Waals surface area (Å²) in [4.78, 5) is 11.9. The van der Waals surface area contributed by atoms with Gasteiger partial charge in [-0.2, -0.15) is 0 Å². The van der Waals surface area contributed by atoms with Crippen LogP contribution in [0.3, 0.4) is 0 Å². The van der Waals surface area contributed by atoms with Crippen molar-refractivity contribution in [2.45, 2.75) is 19.3 Å². The molecule has 0 spiro atoms. The zero-order chi connectivity index (χ0) is 15.1. The van der Waals surface area contributed by atoms with Crippen LogP contribution in [0.25, 0.3) is 0 Å². The number of nitrogens with one attached hydrogen (secondary N) is 2. The van der Waals surface area contributed by atoms with Crippen LogP contribution in [0.2, 0.25) is 0 Å². The van der Waals surface area contributed by atoms with Crippen molar-refractivity contribution in [1.29, 1.82) is 0 Å². The Kier molecular flexibility index (Phi) is 5.59. The zero-order valence-corrected chi connectivity index (χ0v) is 12.8. The molecule has 0 saturated heterocycles. The van der Waals surface area contributed by atoms with Crippen LogP contribution >= 0.6 is 0 Å². The van der Waals surface area contributed by atoms with Crippen molar-refractivity contribution < 1.29 is 14.3 Å². The zero-order valence-electron chi connectivity index (χ0n) is 12.8. The minimum atomic E-state index is -0.0537.